The summed E-state index contributed by atoms with van der Waals surface area (Å²) in [5.74, 6) is 1.56. The lowest BCUT2D eigenvalue weighted by Gasteiger charge is -2.36. The van der Waals surface area contributed by atoms with E-state index in [2.05, 4.69) is 36.1 Å². The quantitative estimate of drug-likeness (QED) is 0.344. The van der Waals surface area contributed by atoms with Crippen molar-refractivity contribution >= 4 is 23.2 Å². The first kappa shape index (κ1) is 26.7. The number of nitrogens with zero attached hydrogens (tertiary/aromatic N) is 2. The van der Waals surface area contributed by atoms with Crippen LogP contribution in [0.3, 0.4) is 0 Å². The molecule has 3 aromatic rings. The number of benzene rings is 3. The van der Waals surface area contributed by atoms with Crippen LogP contribution in [0, 0.1) is 6.92 Å². The predicted octanol–water partition coefficient (Wildman–Crippen LogP) is 4.62. The van der Waals surface area contributed by atoms with Crippen LogP contribution in [0.5, 0.6) is 28.7 Å². The molecule has 0 aliphatic carbocycles. The highest BCUT2D eigenvalue weighted by Gasteiger charge is 2.26. The van der Waals surface area contributed by atoms with Crippen LogP contribution in [0.2, 0.25) is 0 Å². The van der Waals surface area contributed by atoms with Gasteiger partial charge >= 0.3 is 0 Å². The van der Waals surface area contributed by atoms with E-state index in [1.807, 2.05) is 4.90 Å². The molecule has 0 atom stereocenters. The number of phenols is 1. The fraction of sp³-hybridized carbons (Fsp3) is 0.300. The first-order chi connectivity index (χ1) is 18.4. The Morgan fingerprint density at radius 2 is 1.47 bits per heavy atom. The van der Waals surface area contributed by atoms with Crippen LogP contribution in [-0.4, -0.2) is 70.5 Å². The second-order valence-corrected chi connectivity index (χ2v) is 9.02. The first-order valence-corrected chi connectivity index (χ1v) is 12.4. The van der Waals surface area contributed by atoms with Crippen LogP contribution < -0.4 is 23.8 Å². The van der Waals surface area contributed by atoms with Crippen molar-refractivity contribution in [3.8, 4) is 28.7 Å². The van der Waals surface area contributed by atoms with Crippen LogP contribution in [0.4, 0.5) is 5.69 Å². The van der Waals surface area contributed by atoms with Crippen LogP contribution in [0.25, 0.3) is 11.6 Å². The van der Waals surface area contributed by atoms with Crippen LogP contribution in [0.15, 0.2) is 54.6 Å². The molecule has 1 aliphatic heterocycles. The van der Waals surface area contributed by atoms with E-state index in [4.69, 9.17) is 18.9 Å². The molecule has 3 aromatic carbocycles. The third-order valence-electron chi connectivity index (χ3n) is 6.65. The average Bonchev–Trinajstić information content (AvgIpc) is 2.95. The molecule has 200 valence electrons. The fourth-order valence-electron chi connectivity index (χ4n) is 4.63. The summed E-state index contributed by atoms with van der Waals surface area (Å²) in [7, 11) is 6.11. The molecule has 1 heterocycles. The van der Waals surface area contributed by atoms with Crippen LogP contribution >= 0.6 is 0 Å². The molecule has 4 rings (SSSR count). The number of rotatable bonds is 8. The van der Waals surface area contributed by atoms with Crippen molar-refractivity contribution in [2.24, 2.45) is 0 Å². The van der Waals surface area contributed by atoms with Gasteiger partial charge in [0.2, 0.25) is 5.75 Å². The summed E-state index contributed by atoms with van der Waals surface area (Å²) in [5.41, 5.74) is 4.07. The largest absolute Gasteiger partial charge is 0.504 e. The van der Waals surface area contributed by atoms with Crippen molar-refractivity contribution in [2.75, 3.05) is 59.5 Å². The van der Waals surface area contributed by atoms with Crippen molar-refractivity contribution in [3.63, 3.8) is 0 Å². The van der Waals surface area contributed by atoms with E-state index in [1.165, 1.54) is 34.0 Å². The summed E-state index contributed by atoms with van der Waals surface area (Å²) in [5, 5.41) is 10.3. The number of hydrogen-bond acceptors (Lipinski definition) is 7. The van der Waals surface area contributed by atoms with Crippen molar-refractivity contribution in [2.45, 2.75) is 6.92 Å². The monoisotopic (exact) mass is 518 g/mol. The summed E-state index contributed by atoms with van der Waals surface area (Å²) >= 11 is 0. The minimum Gasteiger partial charge on any atom is -0.504 e. The van der Waals surface area contributed by atoms with Crippen molar-refractivity contribution < 1.29 is 28.8 Å². The molecule has 0 radical (unpaired) electrons. The van der Waals surface area contributed by atoms with Crippen molar-refractivity contribution in [3.05, 3.63) is 71.3 Å². The Morgan fingerprint density at radius 3 is 2.03 bits per heavy atom. The summed E-state index contributed by atoms with van der Waals surface area (Å²) < 4.78 is 21.7. The second-order valence-electron chi connectivity index (χ2n) is 9.02. The second kappa shape index (κ2) is 11.8. The van der Waals surface area contributed by atoms with Crippen LogP contribution in [-0.2, 0) is 4.79 Å². The normalized spacial score (nSPS) is 13.8. The van der Waals surface area contributed by atoms with E-state index in [1.54, 1.807) is 36.4 Å². The Bertz CT molecular complexity index is 1300. The number of aromatic hydroxyl groups is 1. The highest BCUT2D eigenvalue weighted by Crippen LogP contribution is 2.41. The molecular formula is C30H34N2O6. The third kappa shape index (κ3) is 5.64. The maximum atomic E-state index is 14.0. The zero-order valence-corrected chi connectivity index (χ0v) is 22.5. The van der Waals surface area contributed by atoms with Gasteiger partial charge in [-0.25, -0.2) is 0 Å². The maximum absolute atomic E-state index is 14.0. The maximum Gasteiger partial charge on any atom is 0.254 e. The standard InChI is InChI=1S/C30H34N2O6/c1-20-7-6-8-23(15-20)31-11-13-32(14-12-31)30(34)24(16-21-9-10-26(35-2)25(33)17-21)22-18-27(36-3)29(38-5)28(19-22)37-4/h6-10,15-19,33H,11-14H2,1-5H3/b24-16+. The van der Waals surface area contributed by atoms with E-state index in [9.17, 15) is 9.90 Å². The summed E-state index contributed by atoms with van der Waals surface area (Å²) in [6.45, 7) is 4.67. The minimum absolute atomic E-state index is 0.00953. The van der Waals surface area contributed by atoms with Crippen molar-refractivity contribution in [1.82, 2.24) is 4.90 Å². The molecule has 1 fully saturated rings. The molecule has 38 heavy (non-hydrogen) atoms. The molecule has 1 aliphatic rings. The number of methoxy groups -OCH3 is 4. The molecule has 0 spiro atoms. The summed E-state index contributed by atoms with van der Waals surface area (Å²) in [4.78, 5) is 18.1. The van der Waals surface area contributed by atoms with Crippen LogP contribution in [0.1, 0.15) is 16.7 Å². The number of ether oxygens (including phenoxy) is 4. The highest BCUT2D eigenvalue weighted by molar-refractivity contribution is 6.24. The van der Waals surface area contributed by atoms with Gasteiger partial charge in [0, 0.05) is 37.4 Å². The van der Waals surface area contributed by atoms with Gasteiger partial charge in [0.1, 0.15) is 0 Å². The molecule has 1 saturated heterocycles. The fourth-order valence-corrected chi connectivity index (χ4v) is 4.63. The molecule has 8 nitrogen and oxygen atoms in total. The average molecular weight is 519 g/mol. The van der Waals surface area contributed by atoms with Gasteiger partial charge in [0.05, 0.1) is 28.4 Å². The van der Waals surface area contributed by atoms with Gasteiger partial charge in [-0.2, -0.15) is 0 Å². The third-order valence-corrected chi connectivity index (χ3v) is 6.65. The SMILES string of the molecule is COc1ccc(/C=C(/C(=O)N2CCN(c3cccc(C)c3)CC2)c2cc(OC)c(OC)c(OC)c2)cc1O. The Labute approximate surface area is 223 Å². The number of anilines is 1. The highest BCUT2D eigenvalue weighted by atomic mass is 16.5. The molecule has 0 unspecified atom stereocenters. The lowest BCUT2D eigenvalue weighted by Crippen LogP contribution is -2.49. The Kier molecular flexibility index (Phi) is 8.31. The Hall–Kier alpha value is -4.33. The Balaban J connectivity index is 1.70. The number of aryl methyl sites for hydroxylation is 1. The molecule has 1 N–H and O–H groups in total. The van der Waals surface area contributed by atoms with E-state index >= 15 is 0 Å². The number of hydrogen-bond donors (Lipinski definition) is 1. The van der Waals surface area contributed by atoms with Gasteiger partial charge in [0.25, 0.3) is 5.91 Å². The van der Waals surface area contributed by atoms with E-state index < -0.39 is 0 Å². The zero-order chi connectivity index (χ0) is 27.2. The Morgan fingerprint density at radius 1 is 0.816 bits per heavy atom. The molecule has 0 bridgehead atoms. The lowest BCUT2D eigenvalue weighted by molar-refractivity contribution is -0.125. The topological polar surface area (TPSA) is 80.7 Å². The molecule has 0 aromatic heterocycles. The zero-order valence-electron chi connectivity index (χ0n) is 22.5. The number of phenolic OH excluding ortho intramolecular Hbond substituents is 1. The van der Waals surface area contributed by atoms with Gasteiger partial charge < -0.3 is 33.9 Å². The summed E-state index contributed by atoms with van der Waals surface area (Å²) in [6.07, 6.45) is 1.76. The van der Waals surface area contributed by atoms with E-state index in [-0.39, 0.29) is 11.7 Å². The lowest BCUT2D eigenvalue weighted by atomic mass is 9.99. The number of carbonyl (C=O) groups is 1. The number of amides is 1. The van der Waals surface area contributed by atoms with E-state index in [0.29, 0.717) is 52.8 Å². The molecule has 0 saturated carbocycles. The first-order valence-electron chi connectivity index (χ1n) is 12.4. The van der Waals surface area contributed by atoms with Gasteiger partial charge in [-0.15, -0.1) is 0 Å². The summed E-state index contributed by atoms with van der Waals surface area (Å²) in [6, 6.07) is 16.9. The van der Waals surface area contributed by atoms with Gasteiger partial charge in [-0.1, -0.05) is 18.2 Å². The van der Waals surface area contributed by atoms with Gasteiger partial charge in [-0.05, 0) is 66.1 Å². The van der Waals surface area contributed by atoms with Gasteiger partial charge in [-0.3, -0.25) is 4.79 Å². The van der Waals surface area contributed by atoms with Gasteiger partial charge in [0.15, 0.2) is 23.0 Å². The number of piperazine rings is 1. The predicted molar refractivity (Wildman–Crippen MR) is 149 cm³/mol. The molecule has 1 amide bonds. The van der Waals surface area contributed by atoms with Crippen molar-refractivity contribution in [1.29, 1.82) is 0 Å². The minimum atomic E-state index is -0.126. The molecule has 8 heteroatoms. The van der Waals surface area contributed by atoms with E-state index in [0.717, 1.165) is 18.8 Å². The molecular weight excluding hydrogens is 484 g/mol. The smallest absolute Gasteiger partial charge is 0.254 e. The number of carbonyl (C=O) groups excluding carboxylic acids is 1.